The first-order chi connectivity index (χ1) is 12.8. The smallest absolute Gasteiger partial charge is 0.0705 e. The number of hydrogen-bond acceptors (Lipinski definition) is 3. The highest BCUT2D eigenvalue weighted by Gasteiger charge is 2.23. The Morgan fingerprint density at radius 2 is 1.96 bits per heavy atom. The van der Waals surface area contributed by atoms with E-state index in [4.69, 9.17) is 4.98 Å². The molecule has 0 spiro atoms. The minimum atomic E-state index is 0.497. The molecule has 3 heterocycles. The summed E-state index contributed by atoms with van der Waals surface area (Å²) in [6.45, 7) is 5.25. The number of hydrogen-bond donors (Lipinski definition) is 0. The van der Waals surface area contributed by atoms with Crippen molar-refractivity contribution in [1.82, 2.24) is 14.9 Å². The fourth-order valence-electron chi connectivity index (χ4n) is 3.81. The number of nitrogens with zero attached hydrogens (tertiary/aromatic N) is 3. The SMILES string of the molecule is Cc1cccc(-c2cccc([C@@H]3CCCN(Cc4ccccn4)C3)n2)c1. The fourth-order valence-corrected chi connectivity index (χ4v) is 3.81. The van der Waals surface area contributed by atoms with E-state index in [0.717, 1.165) is 31.0 Å². The van der Waals surface area contributed by atoms with Crippen molar-refractivity contribution in [3.8, 4) is 11.3 Å². The van der Waals surface area contributed by atoms with E-state index in [0.29, 0.717) is 5.92 Å². The van der Waals surface area contributed by atoms with Crippen LogP contribution in [0.2, 0.25) is 0 Å². The van der Waals surface area contributed by atoms with Gasteiger partial charge < -0.3 is 0 Å². The van der Waals surface area contributed by atoms with E-state index in [9.17, 15) is 0 Å². The number of likely N-dealkylation sites (tertiary alicyclic amines) is 1. The third-order valence-corrected chi connectivity index (χ3v) is 5.12. The van der Waals surface area contributed by atoms with E-state index in [-0.39, 0.29) is 0 Å². The molecule has 2 aromatic heterocycles. The van der Waals surface area contributed by atoms with E-state index in [1.807, 2.05) is 12.3 Å². The lowest BCUT2D eigenvalue weighted by Crippen LogP contribution is -2.34. The summed E-state index contributed by atoms with van der Waals surface area (Å²) >= 11 is 0. The molecular formula is C23H25N3. The third-order valence-electron chi connectivity index (χ3n) is 5.12. The van der Waals surface area contributed by atoms with Gasteiger partial charge in [-0.25, -0.2) is 0 Å². The fraction of sp³-hybridized carbons (Fsp3) is 0.304. The average Bonchev–Trinajstić information content (AvgIpc) is 2.69. The minimum Gasteiger partial charge on any atom is -0.297 e. The van der Waals surface area contributed by atoms with Gasteiger partial charge in [0.05, 0.1) is 11.4 Å². The molecule has 0 unspecified atom stereocenters. The van der Waals surface area contributed by atoms with E-state index in [1.54, 1.807) is 0 Å². The first-order valence-electron chi connectivity index (χ1n) is 9.44. The van der Waals surface area contributed by atoms with Crippen molar-refractivity contribution < 1.29 is 0 Å². The van der Waals surface area contributed by atoms with Gasteiger partial charge >= 0.3 is 0 Å². The largest absolute Gasteiger partial charge is 0.297 e. The van der Waals surface area contributed by atoms with Gasteiger partial charge in [0.15, 0.2) is 0 Å². The van der Waals surface area contributed by atoms with Crippen LogP contribution in [0.15, 0.2) is 66.9 Å². The number of aryl methyl sites for hydroxylation is 1. The monoisotopic (exact) mass is 343 g/mol. The number of piperidine rings is 1. The molecule has 1 aliphatic heterocycles. The molecule has 132 valence electrons. The molecule has 1 fully saturated rings. The van der Waals surface area contributed by atoms with Crippen LogP contribution in [0.1, 0.15) is 35.7 Å². The summed E-state index contributed by atoms with van der Waals surface area (Å²) in [5.74, 6) is 0.497. The van der Waals surface area contributed by atoms with E-state index in [1.165, 1.54) is 29.7 Å². The molecule has 0 amide bonds. The number of rotatable bonds is 4. The van der Waals surface area contributed by atoms with E-state index < -0.39 is 0 Å². The van der Waals surface area contributed by atoms with Crippen LogP contribution in [0, 0.1) is 6.92 Å². The molecule has 0 radical (unpaired) electrons. The Hall–Kier alpha value is -2.52. The van der Waals surface area contributed by atoms with Crippen LogP contribution in [0.5, 0.6) is 0 Å². The maximum absolute atomic E-state index is 5.01. The van der Waals surface area contributed by atoms with Gasteiger partial charge in [-0.3, -0.25) is 14.9 Å². The lowest BCUT2D eigenvalue weighted by atomic mass is 9.93. The Balaban J connectivity index is 1.51. The van der Waals surface area contributed by atoms with Crippen LogP contribution < -0.4 is 0 Å². The molecule has 4 rings (SSSR count). The molecule has 0 N–H and O–H groups in total. The van der Waals surface area contributed by atoms with Gasteiger partial charge in [-0.15, -0.1) is 0 Å². The summed E-state index contributed by atoms with van der Waals surface area (Å²) in [5, 5.41) is 0. The molecule has 3 aromatic rings. The molecule has 26 heavy (non-hydrogen) atoms. The van der Waals surface area contributed by atoms with Gasteiger partial charge in [-0.1, -0.05) is 35.9 Å². The third kappa shape index (κ3) is 4.00. The van der Waals surface area contributed by atoms with Gasteiger partial charge in [0.2, 0.25) is 0 Å². The maximum Gasteiger partial charge on any atom is 0.0705 e. The highest BCUT2D eigenvalue weighted by Crippen LogP contribution is 2.28. The summed E-state index contributed by atoms with van der Waals surface area (Å²) in [5.41, 5.74) is 5.92. The van der Waals surface area contributed by atoms with Crippen LogP contribution in [0.4, 0.5) is 0 Å². The van der Waals surface area contributed by atoms with Gasteiger partial charge in [0.1, 0.15) is 0 Å². The van der Waals surface area contributed by atoms with Gasteiger partial charge in [-0.05, 0) is 56.6 Å². The Kier molecular flexibility index (Phi) is 5.07. The lowest BCUT2D eigenvalue weighted by Gasteiger charge is -2.32. The molecule has 3 nitrogen and oxygen atoms in total. The van der Waals surface area contributed by atoms with Crippen molar-refractivity contribution in [2.24, 2.45) is 0 Å². The maximum atomic E-state index is 5.01. The second kappa shape index (κ2) is 7.79. The Bertz CT molecular complexity index is 860. The summed E-state index contributed by atoms with van der Waals surface area (Å²) in [4.78, 5) is 12.0. The topological polar surface area (TPSA) is 29.0 Å². The second-order valence-corrected chi connectivity index (χ2v) is 7.21. The number of aromatic nitrogens is 2. The molecule has 0 aliphatic carbocycles. The van der Waals surface area contributed by atoms with Gasteiger partial charge in [0.25, 0.3) is 0 Å². The first-order valence-corrected chi connectivity index (χ1v) is 9.44. The van der Waals surface area contributed by atoms with Crippen molar-refractivity contribution in [3.05, 3.63) is 83.8 Å². The predicted molar refractivity (Wildman–Crippen MR) is 106 cm³/mol. The zero-order valence-electron chi connectivity index (χ0n) is 15.3. The van der Waals surface area contributed by atoms with Crippen molar-refractivity contribution >= 4 is 0 Å². The van der Waals surface area contributed by atoms with Crippen LogP contribution in [-0.2, 0) is 6.54 Å². The highest BCUT2D eigenvalue weighted by molar-refractivity contribution is 5.60. The molecule has 1 saturated heterocycles. The van der Waals surface area contributed by atoms with Crippen molar-refractivity contribution in [1.29, 1.82) is 0 Å². The van der Waals surface area contributed by atoms with Crippen LogP contribution in [-0.4, -0.2) is 28.0 Å². The summed E-state index contributed by atoms with van der Waals surface area (Å²) in [6, 6.07) is 21.2. The summed E-state index contributed by atoms with van der Waals surface area (Å²) < 4.78 is 0. The minimum absolute atomic E-state index is 0.497. The molecule has 0 bridgehead atoms. The number of benzene rings is 1. The lowest BCUT2D eigenvalue weighted by molar-refractivity contribution is 0.196. The van der Waals surface area contributed by atoms with Gasteiger partial charge in [0, 0.05) is 36.5 Å². The Morgan fingerprint density at radius 3 is 2.81 bits per heavy atom. The first kappa shape index (κ1) is 16.9. The Labute approximate surface area is 155 Å². The Morgan fingerprint density at radius 1 is 1.04 bits per heavy atom. The molecule has 1 aromatic carbocycles. The quantitative estimate of drug-likeness (QED) is 0.679. The van der Waals surface area contributed by atoms with Gasteiger partial charge in [-0.2, -0.15) is 0 Å². The predicted octanol–water partition coefficient (Wildman–Crippen LogP) is 4.83. The molecule has 0 saturated carbocycles. The number of pyridine rings is 2. The van der Waals surface area contributed by atoms with Crippen molar-refractivity contribution in [3.63, 3.8) is 0 Å². The summed E-state index contributed by atoms with van der Waals surface area (Å²) in [6.07, 6.45) is 4.31. The molecule has 1 aliphatic rings. The van der Waals surface area contributed by atoms with Crippen LogP contribution in [0.25, 0.3) is 11.3 Å². The molecular weight excluding hydrogens is 318 g/mol. The second-order valence-electron chi connectivity index (χ2n) is 7.21. The van der Waals surface area contributed by atoms with Crippen molar-refractivity contribution in [2.75, 3.05) is 13.1 Å². The van der Waals surface area contributed by atoms with Crippen molar-refractivity contribution in [2.45, 2.75) is 32.2 Å². The average molecular weight is 343 g/mol. The highest BCUT2D eigenvalue weighted by atomic mass is 15.1. The normalized spacial score (nSPS) is 18.0. The zero-order valence-corrected chi connectivity index (χ0v) is 15.3. The van der Waals surface area contributed by atoms with E-state index in [2.05, 4.69) is 71.4 Å². The standard InChI is InChI=1S/C23H25N3/c1-18-7-4-8-19(15-18)22-11-5-12-23(25-22)20-9-6-14-26(16-20)17-21-10-2-3-13-24-21/h2-5,7-8,10-13,15,20H,6,9,14,16-17H2,1H3/t20-/m1/s1. The molecule has 1 atom stereocenters. The zero-order chi connectivity index (χ0) is 17.8. The molecule has 3 heteroatoms. The van der Waals surface area contributed by atoms with E-state index >= 15 is 0 Å². The summed E-state index contributed by atoms with van der Waals surface area (Å²) in [7, 11) is 0. The van der Waals surface area contributed by atoms with Crippen LogP contribution >= 0.6 is 0 Å². The van der Waals surface area contributed by atoms with Crippen LogP contribution in [0.3, 0.4) is 0 Å².